The van der Waals surface area contributed by atoms with Crippen LogP contribution < -0.4 is 0 Å². The summed E-state index contributed by atoms with van der Waals surface area (Å²) < 4.78 is 0. The molecule has 0 aromatic rings. The van der Waals surface area contributed by atoms with E-state index in [1.54, 1.807) is 0 Å². The zero-order valence-electron chi connectivity index (χ0n) is 9.73. The van der Waals surface area contributed by atoms with Crippen LogP contribution in [0.4, 0.5) is 0 Å². The zero-order valence-corrected chi connectivity index (χ0v) is 10.5. The second-order valence-corrected chi connectivity index (χ2v) is 5.90. The highest BCUT2D eigenvalue weighted by Gasteiger charge is 2.32. The summed E-state index contributed by atoms with van der Waals surface area (Å²) >= 11 is 1.89. The Kier molecular flexibility index (Phi) is 4.53. The molecule has 2 heterocycles. The number of amides is 1. The summed E-state index contributed by atoms with van der Waals surface area (Å²) in [4.78, 5) is 14.4. The molecule has 0 aromatic carbocycles. The molecule has 1 amide bonds. The molecule has 2 atom stereocenters. The average molecular weight is 243 g/mol. The Morgan fingerprint density at radius 3 is 2.94 bits per heavy atom. The van der Waals surface area contributed by atoms with Gasteiger partial charge in [0, 0.05) is 30.9 Å². The number of aliphatic hydroxyl groups excluding tert-OH is 1. The predicted octanol–water partition coefficient (Wildman–Crippen LogP) is 1.50. The molecular formula is C12H21NO2S. The predicted molar refractivity (Wildman–Crippen MR) is 66.5 cm³/mol. The lowest BCUT2D eigenvalue weighted by Crippen LogP contribution is -2.46. The van der Waals surface area contributed by atoms with Crippen molar-refractivity contribution < 1.29 is 9.90 Å². The van der Waals surface area contributed by atoms with Crippen molar-refractivity contribution in [1.29, 1.82) is 0 Å². The molecule has 2 rings (SSSR count). The number of rotatable bonds is 3. The molecule has 0 aromatic heterocycles. The topological polar surface area (TPSA) is 40.5 Å². The van der Waals surface area contributed by atoms with E-state index >= 15 is 0 Å². The summed E-state index contributed by atoms with van der Waals surface area (Å²) in [5, 5.41) is 9.04. The minimum absolute atomic E-state index is 0.202. The van der Waals surface area contributed by atoms with Crippen molar-refractivity contribution in [3.8, 4) is 0 Å². The number of thioether (sulfide) groups is 1. The fourth-order valence-electron chi connectivity index (χ4n) is 2.70. The molecule has 1 N–H and O–H groups in total. The molecule has 2 saturated heterocycles. The summed E-state index contributed by atoms with van der Waals surface area (Å²) in [7, 11) is 0. The van der Waals surface area contributed by atoms with Crippen LogP contribution in [0.15, 0.2) is 0 Å². The molecule has 0 radical (unpaired) electrons. The fourth-order valence-corrected chi connectivity index (χ4v) is 3.92. The number of hydrogen-bond acceptors (Lipinski definition) is 3. The van der Waals surface area contributed by atoms with Crippen molar-refractivity contribution >= 4 is 17.7 Å². The smallest absolute Gasteiger partial charge is 0.226 e. The van der Waals surface area contributed by atoms with Crippen LogP contribution in [-0.2, 0) is 4.79 Å². The van der Waals surface area contributed by atoms with Gasteiger partial charge >= 0.3 is 0 Å². The lowest BCUT2D eigenvalue weighted by atomic mass is 9.97. The third kappa shape index (κ3) is 2.72. The highest BCUT2D eigenvalue weighted by atomic mass is 32.2. The Morgan fingerprint density at radius 1 is 1.38 bits per heavy atom. The zero-order chi connectivity index (χ0) is 11.4. The van der Waals surface area contributed by atoms with Gasteiger partial charge in [-0.25, -0.2) is 0 Å². The van der Waals surface area contributed by atoms with Crippen LogP contribution >= 0.6 is 11.8 Å². The van der Waals surface area contributed by atoms with Crippen molar-refractivity contribution in [2.45, 2.75) is 38.1 Å². The Hall–Kier alpha value is -0.220. The van der Waals surface area contributed by atoms with Gasteiger partial charge in [0.05, 0.1) is 0 Å². The number of aliphatic hydroxyl groups is 1. The molecule has 92 valence electrons. The molecule has 0 aliphatic carbocycles. The largest absolute Gasteiger partial charge is 0.396 e. The molecule has 0 spiro atoms. The van der Waals surface area contributed by atoms with Gasteiger partial charge in [-0.3, -0.25) is 4.79 Å². The van der Waals surface area contributed by atoms with Crippen molar-refractivity contribution in [1.82, 2.24) is 4.90 Å². The molecular weight excluding hydrogens is 222 g/mol. The van der Waals surface area contributed by atoms with Crippen LogP contribution in [0.3, 0.4) is 0 Å². The van der Waals surface area contributed by atoms with Gasteiger partial charge in [-0.05, 0) is 37.9 Å². The van der Waals surface area contributed by atoms with E-state index in [-0.39, 0.29) is 12.5 Å². The highest BCUT2D eigenvalue weighted by molar-refractivity contribution is 7.99. The Bertz CT molecular complexity index is 239. The van der Waals surface area contributed by atoms with E-state index < -0.39 is 0 Å². The summed E-state index contributed by atoms with van der Waals surface area (Å²) in [6, 6.07) is 0.303. The maximum atomic E-state index is 12.3. The van der Waals surface area contributed by atoms with E-state index in [9.17, 15) is 4.79 Å². The van der Waals surface area contributed by atoms with E-state index in [1.807, 2.05) is 11.8 Å². The van der Waals surface area contributed by atoms with Gasteiger partial charge in [0.2, 0.25) is 5.91 Å². The number of carbonyl (C=O) groups is 1. The summed E-state index contributed by atoms with van der Waals surface area (Å²) in [5.41, 5.74) is 0. The lowest BCUT2D eigenvalue weighted by Gasteiger charge is -2.37. The van der Waals surface area contributed by atoms with Crippen molar-refractivity contribution in [3.63, 3.8) is 0 Å². The van der Waals surface area contributed by atoms with Crippen LogP contribution in [0, 0.1) is 5.92 Å². The molecule has 2 aliphatic heterocycles. The van der Waals surface area contributed by atoms with E-state index in [0.29, 0.717) is 11.9 Å². The molecule has 16 heavy (non-hydrogen) atoms. The van der Waals surface area contributed by atoms with Gasteiger partial charge in [-0.2, -0.15) is 11.8 Å². The van der Waals surface area contributed by atoms with E-state index in [2.05, 4.69) is 4.90 Å². The number of hydrogen-bond donors (Lipinski definition) is 1. The van der Waals surface area contributed by atoms with Gasteiger partial charge < -0.3 is 10.0 Å². The normalized spacial score (nSPS) is 30.7. The second kappa shape index (κ2) is 5.92. The third-order valence-corrected chi connectivity index (χ3v) is 4.81. The summed E-state index contributed by atoms with van der Waals surface area (Å²) in [5.74, 6) is 2.74. The molecule has 2 aliphatic rings. The summed E-state index contributed by atoms with van der Waals surface area (Å²) in [6.07, 6.45) is 5.21. The van der Waals surface area contributed by atoms with Crippen molar-refractivity contribution in [3.05, 3.63) is 0 Å². The Balaban J connectivity index is 1.95. The molecule has 2 unspecified atom stereocenters. The van der Waals surface area contributed by atoms with Gasteiger partial charge in [-0.1, -0.05) is 0 Å². The second-order valence-electron chi connectivity index (χ2n) is 4.75. The highest BCUT2D eigenvalue weighted by Crippen LogP contribution is 2.28. The van der Waals surface area contributed by atoms with Crippen LogP contribution in [0.2, 0.25) is 0 Å². The molecule has 0 saturated carbocycles. The quantitative estimate of drug-likeness (QED) is 0.816. The first-order valence-corrected chi connectivity index (χ1v) is 7.47. The maximum absolute atomic E-state index is 12.3. The lowest BCUT2D eigenvalue weighted by molar-refractivity contribution is -0.138. The van der Waals surface area contributed by atoms with Crippen molar-refractivity contribution in [2.75, 3.05) is 24.7 Å². The van der Waals surface area contributed by atoms with Gasteiger partial charge in [0.1, 0.15) is 0 Å². The number of piperidine rings is 1. The monoisotopic (exact) mass is 243 g/mol. The number of likely N-dealkylation sites (tertiary alicyclic amines) is 1. The van der Waals surface area contributed by atoms with Crippen LogP contribution in [0.5, 0.6) is 0 Å². The van der Waals surface area contributed by atoms with Crippen LogP contribution in [0.25, 0.3) is 0 Å². The van der Waals surface area contributed by atoms with E-state index in [4.69, 9.17) is 5.11 Å². The van der Waals surface area contributed by atoms with Crippen molar-refractivity contribution in [2.24, 2.45) is 5.92 Å². The van der Waals surface area contributed by atoms with E-state index in [0.717, 1.165) is 43.7 Å². The van der Waals surface area contributed by atoms with Crippen LogP contribution in [0.1, 0.15) is 32.1 Å². The maximum Gasteiger partial charge on any atom is 0.226 e. The summed E-state index contributed by atoms with van der Waals surface area (Å²) in [6.45, 7) is 1.11. The standard InChI is InChI=1S/C12H21NO2S/c14-7-4-11-3-1-2-6-13(11)12(15)10-5-8-16-9-10/h10-11,14H,1-9H2. The number of nitrogens with zero attached hydrogens (tertiary/aromatic N) is 1. The molecule has 3 nitrogen and oxygen atoms in total. The van der Waals surface area contributed by atoms with Gasteiger partial charge in [-0.15, -0.1) is 0 Å². The first-order valence-electron chi connectivity index (χ1n) is 6.32. The molecule has 2 fully saturated rings. The SMILES string of the molecule is O=C(C1CCSC1)N1CCCCC1CCO. The Labute approximate surface area is 102 Å². The van der Waals surface area contributed by atoms with Crippen LogP contribution in [-0.4, -0.2) is 46.6 Å². The average Bonchev–Trinajstić information content (AvgIpc) is 2.83. The first-order chi connectivity index (χ1) is 7.83. The van der Waals surface area contributed by atoms with Gasteiger partial charge in [0.25, 0.3) is 0 Å². The molecule has 4 heteroatoms. The minimum Gasteiger partial charge on any atom is -0.396 e. The molecule has 0 bridgehead atoms. The Morgan fingerprint density at radius 2 is 2.25 bits per heavy atom. The van der Waals surface area contributed by atoms with E-state index in [1.165, 1.54) is 6.42 Å². The minimum atomic E-state index is 0.202. The third-order valence-electron chi connectivity index (χ3n) is 3.65. The first kappa shape index (κ1) is 12.2. The fraction of sp³-hybridized carbons (Fsp3) is 0.917. The number of carbonyl (C=O) groups excluding carboxylic acids is 1. The van der Waals surface area contributed by atoms with Gasteiger partial charge in [0.15, 0.2) is 0 Å².